The molecule has 1 unspecified atom stereocenters. The number of likely N-dealkylation sites (tertiary alicyclic amines) is 1. The molecule has 0 aliphatic carbocycles. The zero-order valence-corrected chi connectivity index (χ0v) is 11.6. The Morgan fingerprint density at radius 2 is 2.33 bits per heavy atom. The highest BCUT2D eigenvalue weighted by Crippen LogP contribution is 2.25. The number of piperidine rings is 1. The van der Waals surface area contributed by atoms with Crippen LogP contribution in [0, 0.1) is 10.1 Å². The molecular weight excluding hydrogens is 298 g/mol. The number of hydrogen-bond donors (Lipinski definition) is 1. The van der Waals surface area contributed by atoms with Gasteiger partial charge in [-0.2, -0.15) is 0 Å². The first-order valence-corrected chi connectivity index (χ1v) is 6.76. The van der Waals surface area contributed by atoms with Crippen LogP contribution in [0.15, 0.2) is 22.7 Å². The summed E-state index contributed by atoms with van der Waals surface area (Å²) in [5.41, 5.74) is 7.11. The van der Waals surface area contributed by atoms with Gasteiger partial charge in [-0.1, -0.05) is 15.9 Å². The van der Waals surface area contributed by atoms with Gasteiger partial charge >= 0.3 is 0 Å². The van der Waals surface area contributed by atoms with Gasteiger partial charge in [0.2, 0.25) is 0 Å². The average Bonchev–Trinajstić information content (AvgIpc) is 2.31. The van der Waals surface area contributed by atoms with E-state index in [-0.39, 0.29) is 16.7 Å². The number of nitro groups is 1. The van der Waals surface area contributed by atoms with Crippen molar-refractivity contribution in [2.45, 2.75) is 25.4 Å². The minimum absolute atomic E-state index is 0.112. The van der Waals surface area contributed by atoms with Gasteiger partial charge in [0, 0.05) is 35.7 Å². The fraction of sp³-hybridized carbons (Fsp3) is 0.500. The summed E-state index contributed by atoms with van der Waals surface area (Å²) in [6, 6.07) is 5.15. The number of benzene rings is 1. The molecule has 0 saturated carbocycles. The van der Waals surface area contributed by atoms with E-state index in [1.807, 2.05) is 6.07 Å². The number of nitro benzene ring substituents is 1. The van der Waals surface area contributed by atoms with E-state index in [2.05, 4.69) is 20.8 Å². The Morgan fingerprint density at radius 1 is 1.56 bits per heavy atom. The lowest BCUT2D eigenvalue weighted by Gasteiger charge is -2.30. The first-order chi connectivity index (χ1) is 8.56. The highest BCUT2D eigenvalue weighted by atomic mass is 79.9. The van der Waals surface area contributed by atoms with Crippen molar-refractivity contribution in [2.75, 3.05) is 13.1 Å². The van der Waals surface area contributed by atoms with Crippen LogP contribution in [0.5, 0.6) is 0 Å². The fourth-order valence-corrected chi connectivity index (χ4v) is 2.75. The minimum Gasteiger partial charge on any atom is -0.327 e. The number of rotatable bonds is 3. The van der Waals surface area contributed by atoms with Crippen molar-refractivity contribution in [3.8, 4) is 0 Å². The molecule has 5 nitrogen and oxygen atoms in total. The number of nitrogens with zero attached hydrogens (tertiary/aromatic N) is 2. The summed E-state index contributed by atoms with van der Waals surface area (Å²) in [6.45, 7) is 2.72. The summed E-state index contributed by atoms with van der Waals surface area (Å²) in [5.74, 6) is 0. The number of nitrogens with two attached hydrogens (primary N) is 1. The van der Waals surface area contributed by atoms with Crippen molar-refractivity contribution >= 4 is 21.6 Å². The first kappa shape index (κ1) is 13.5. The Hall–Kier alpha value is -0.980. The van der Waals surface area contributed by atoms with Crippen LogP contribution in [-0.4, -0.2) is 29.0 Å². The second-order valence-electron chi connectivity index (χ2n) is 4.67. The van der Waals surface area contributed by atoms with Crippen LogP contribution < -0.4 is 5.73 Å². The molecule has 0 spiro atoms. The monoisotopic (exact) mass is 313 g/mol. The van der Waals surface area contributed by atoms with E-state index >= 15 is 0 Å². The molecule has 1 heterocycles. The second kappa shape index (κ2) is 5.77. The molecule has 0 radical (unpaired) electrons. The maximum absolute atomic E-state index is 10.7. The molecule has 1 atom stereocenters. The Bertz CT molecular complexity index is 453. The average molecular weight is 314 g/mol. The molecule has 1 aliphatic heterocycles. The molecule has 18 heavy (non-hydrogen) atoms. The zero-order chi connectivity index (χ0) is 13.1. The molecule has 2 N–H and O–H groups in total. The van der Waals surface area contributed by atoms with E-state index in [1.54, 1.807) is 12.1 Å². The first-order valence-electron chi connectivity index (χ1n) is 5.97. The largest absolute Gasteiger partial charge is 0.327 e. The molecule has 6 heteroatoms. The molecule has 1 fully saturated rings. The second-order valence-corrected chi connectivity index (χ2v) is 5.52. The lowest BCUT2D eigenvalue weighted by atomic mass is 10.1. The predicted octanol–water partition coefficient (Wildman–Crippen LogP) is 2.28. The van der Waals surface area contributed by atoms with E-state index < -0.39 is 0 Å². The molecule has 2 rings (SSSR count). The maximum Gasteiger partial charge on any atom is 0.270 e. The fourth-order valence-electron chi connectivity index (χ4n) is 2.25. The summed E-state index contributed by atoms with van der Waals surface area (Å²) < 4.78 is 0.788. The van der Waals surface area contributed by atoms with E-state index in [0.29, 0.717) is 0 Å². The molecule has 0 amide bonds. The normalized spacial score (nSPS) is 20.9. The van der Waals surface area contributed by atoms with Crippen molar-refractivity contribution < 1.29 is 4.92 Å². The predicted molar refractivity (Wildman–Crippen MR) is 73.3 cm³/mol. The third kappa shape index (κ3) is 3.28. The summed E-state index contributed by atoms with van der Waals surface area (Å²) >= 11 is 3.40. The number of hydrogen-bond acceptors (Lipinski definition) is 4. The van der Waals surface area contributed by atoms with Crippen LogP contribution in [0.3, 0.4) is 0 Å². The lowest BCUT2D eigenvalue weighted by molar-refractivity contribution is -0.384. The van der Waals surface area contributed by atoms with Gasteiger partial charge in [-0.05, 0) is 31.0 Å². The van der Waals surface area contributed by atoms with Crippen molar-refractivity contribution in [1.82, 2.24) is 4.90 Å². The molecule has 1 aliphatic rings. The quantitative estimate of drug-likeness (QED) is 0.686. The minimum atomic E-state index is -0.384. The van der Waals surface area contributed by atoms with Crippen molar-refractivity contribution in [3.05, 3.63) is 38.3 Å². The van der Waals surface area contributed by atoms with Gasteiger partial charge in [-0.25, -0.2) is 0 Å². The molecular formula is C12H16BrN3O2. The lowest BCUT2D eigenvalue weighted by Crippen LogP contribution is -2.42. The Labute approximate surface area is 114 Å². The van der Waals surface area contributed by atoms with E-state index in [4.69, 9.17) is 5.73 Å². The third-order valence-electron chi connectivity index (χ3n) is 3.18. The van der Waals surface area contributed by atoms with Crippen molar-refractivity contribution in [3.63, 3.8) is 0 Å². The van der Waals surface area contributed by atoms with Gasteiger partial charge in [0.25, 0.3) is 5.69 Å². The molecule has 1 saturated heterocycles. The Balaban J connectivity index is 2.07. The van der Waals surface area contributed by atoms with Crippen LogP contribution >= 0.6 is 15.9 Å². The van der Waals surface area contributed by atoms with Gasteiger partial charge in [0.05, 0.1) is 4.92 Å². The highest BCUT2D eigenvalue weighted by Gasteiger charge is 2.18. The van der Waals surface area contributed by atoms with Crippen LogP contribution in [-0.2, 0) is 6.54 Å². The summed E-state index contributed by atoms with van der Waals surface area (Å²) in [7, 11) is 0. The van der Waals surface area contributed by atoms with Gasteiger partial charge in [-0.15, -0.1) is 0 Å². The number of non-ortho nitro benzene ring substituents is 1. The van der Waals surface area contributed by atoms with Gasteiger partial charge in [0.15, 0.2) is 0 Å². The Morgan fingerprint density at radius 3 is 2.94 bits per heavy atom. The maximum atomic E-state index is 10.7. The molecule has 1 aromatic carbocycles. The smallest absolute Gasteiger partial charge is 0.270 e. The molecule has 98 valence electrons. The summed E-state index contributed by atoms with van der Waals surface area (Å²) in [5, 5.41) is 10.7. The highest BCUT2D eigenvalue weighted by molar-refractivity contribution is 9.10. The van der Waals surface area contributed by atoms with Crippen LogP contribution in [0.4, 0.5) is 5.69 Å². The van der Waals surface area contributed by atoms with Crippen LogP contribution in [0.25, 0.3) is 0 Å². The molecule has 1 aromatic rings. The third-order valence-corrected chi connectivity index (χ3v) is 3.92. The van der Waals surface area contributed by atoms with Crippen molar-refractivity contribution in [2.24, 2.45) is 5.73 Å². The van der Waals surface area contributed by atoms with E-state index in [0.717, 1.165) is 42.5 Å². The van der Waals surface area contributed by atoms with Crippen LogP contribution in [0.1, 0.15) is 18.4 Å². The zero-order valence-electron chi connectivity index (χ0n) is 10.0. The van der Waals surface area contributed by atoms with E-state index in [1.165, 1.54) is 0 Å². The summed E-state index contributed by atoms with van der Waals surface area (Å²) in [6.07, 6.45) is 2.20. The molecule has 0 bridgehead atoms. The van der Waals surface area contributed by atoms with Gasteiger partial charge < -0.3 is 5.73 Å². The topological polar surface area (TPSA) is 72.4 Å². The van der Waals surface area contributed by atoms with Gasteiger partial charge in [0.1, 0.15) is 0 Å². The van der Waals surface area contributed by atoms with Gasteiger partial charge in [-0.3, -0.25) is 15.0 Å². The van der Waals surface area contributed by atoms with E-state index in [9.17, 15) is 10.1 Å². The summed E-state index contributed by atoms with van der Waals surface area (Å²) in [4.78, 5) is 12.6. The van der Waals surface area contributed by atoms with Crippen molar-refractivity contribution in [1.29, 1.82) is 0 Å². The van der Waals surface area contributed by atoms with Crippen LogP contribution in [0.2, 0.25) is 0 Å². The standard InChI is InChI=1S/C12H16BrN3O2/c13-12-6-11(16(17)18)4-3-9(12)7-15-5-1-2-10(14)8-15/h3-4,6,10H,1-2,5,7-8,14H2. The number of halogens is 1. The SMILES string of the molecule is NC1CCCN(Cc2ccc([N+](=O)[O-])cc2Br)C1. The Kier molecular flexibility index (Phi) is 4.31. The molecule has 0 aromatic heterocycles.